The summed E-state index contributed by atoms with van der Waals surface area (Å²) in [6.07, 6.45) is 3.09. The van der Waals surface area contributed by atoms with Crippen molar-refractivity contribution in [1.82, 2.24) is 14.9 Å². The second-order valence-electron chi connectivity index (χ2n) is 7.70. The van der Waals surface area contributed by atoms with E-state index in [4.69, 9.17) is 0 Å². The van der Waals surface area contributed by atoms with Gasteiger partial charge in [-0.15, -0.1) is 0 Å². The molecule has 0 bridgehead atoms. The molecule has 1 aliphatic heterocycles. The van der Waals surface area contributed by atoms with E-state index in [1.165, 1.54) is 17.0 Å². The zero-order valence-electron chi connectivity index (χ0n) is 19.1. The molecule has 4 rings (SSSR count). The maximum atomic E-state index is 14.6. The number of likely N-dealkylation sites (tertiary alicyclic amines) is 1. The van der Waals surface area contributed by atoms with Crippen molar-refractivity contribution >= 4 is 23.2 Å². The third-order valence-corrected chi connectivity index (χ3v) is 5.11. The molecule has 3 aromatic rings. The fourth-order valence-electron chi connectivity index (χ4n) is 3.43. The molecule has 1 aromatic heterocycles. The summed E-state index contributed by atoms with van der Waals surface area (Å²) in [6, 6.07) is 7.83. The molecule has 2 heterocycles. The molecule has 1 fully saturated rings. The number of aromatic nitrogens is 2. The molecule has 10 heteroatoms. The predicted molar refractivity (Wildman–Crippen MR) is 124 cm³/mol. The van der Waals surface area contributed by atoms with Crippen LogP contribution in [-0.4, -0.2) is 51.1 Å². The van der Waals surface area contributed by atoms with Crippen LogP contribution in [0, 0.1) is 24.4 Å². The third-order valence-electron chi connectivity index (χ3n) is 5.11. The van der Waals surface area contributed by atoms with E-state index in [0.717, 1.165) is 12.1 Å². The summed E-state index contributed by atoms with van der Waals surface area (Å²) in [5.74, 6) is -3.43. The largest absolute Gasteiger partial charge is 0.384 e. The first-order chi connectivity index (χ1) is 16.3. The number of β-amino-alcohol motifs (C(OH)–C–C–N with tert-alkyl or cyclic N) is 1. The molecule has 0 radical (unpaired) electrons. The maximum Gasteiger partial charge on any atom is 0.256 e. The lowest BCUT2D eigenvalue weighted by molar-refractivity contribution is -0.0707. The zero-order chi connectivity index (χ0) is 24.9. The summed E-state index contributed by atoms with van der Waals surface area (Å²) >= 11 is 0. The summed E-state index contributed by atoms with van der Waals surface area (Å²) in [6.45, 7) is 5.71. The minimum Gasteiger partial charge on any atom is -0.384 e. The first kappa shape index (κ1) is 25.0. The highest BCUT2D eigenvalue weighted by atomic mass is 19.2. The SMILES string of the molecule is CC.Cc1ccc(Nc2c(C(=O)N3CC(O)(CNc4ncccn4)C3)ccc(F)c2F)c(F)c1. The van der Waals surface area contributed by atoms with Gasteiger partial charge in [0.2, 0.25) is 5.95 Å². The predicted octanol–water partition coefficient (Wildman–Crippen LogP) is 4.27. The number of nitrogens with zero attached hydrogens (tertiary/aromatic N) is 3. The fraction of sp³-hybridized carbons (Fsp3) is 0.292. The number of carbonyl (C=O) groups is 1. The molecule has 0 unspecified atom stereocenters. The molecule has 2 aromatic carbocycles. The molecule has 1 amide bonds. The highest BCUT2D eigenvalue weighted by Gasteiger charge is 2.44. The van der Waals surface area contributed by atoms with Crippen molar-refractivity contribution in [3.8, 4) is 0 Å². The van der Waals surface area contributed by atoms with Crippen LogP contribution in [0.25, 0.3) is 0 Å². The van der Waals surface area contributed by atoms with E-state index in [2.05, 4.69) is 20.6 Å². The highest BCUT2D eigenvalue weighted by Crippen LogP contribution is 2.31. The zero-order valence-corrected chi connectivity index (χ0v) is 19.1. The minimum absolute atomic E-state index is 0.0387. The first-order valence-electron chi connectivity index (χ1n) is 10.8. The topological polar surface area (TPSA) is 90.4 Å². The van der Waals surface area contributed by atoms with Crippen LogP contribution in [0.4, 0.5) is 30.5 Å². The summed E-state index contributed by atoms with van der Waals surface area (Å²) in [5, 5.41) is 16.0. The Hall–Kier alpha value is -3.66. The van der Waals surface area contributed by atoms with Gasteiger partial charge in [0.25, 0.3) is 5.91 Å². The van der Waals surface area contributed by atoms with Gasteiger partial charge in [-0.25, -0.2) is 23.1 Å². The van der Waals surface area contributed by atoms with Crippen molar-refractivity contribution in [2.75, 3.05) is 30.3 Å². The van der Waals surface area contributed by atoms with Crippen LogP contribution in [0.3, 0.4) is 0 Å². The molecule has 0 aliphatic carbocycles. The van der Waals surface area contributed by atoms with E-state index in [9.17, 15) is 23.1 Å². The van der Waals surface area contributed by atoms with Crippen molar-refractivity contribution in [2.45, 2.75) is 26.4 Å². The lowest BCUT2D eigenvalue weighted by atomic mass is 9.93. The second-order valence-corrected chi connectivity index (χ2v) is 7.70. The van der Waals surface area contributed by atoms with E-state index < -0.39 is 34.6 Å². The Bertz CT molecular complexity index is 1150. The Kier molecular flexibility index (Phi) is 7.72. The van der Waals surface area contributed by atoms with Crippen LogP contribution in [-0.2, 0) is 0 Å². The number of aryl methyl sites for hydroxylation is 1. The summed E-state index contributed by atoms with van der Waals surface area (Å²) in [5.41, 5.74) is -1.32. The fourth-order valence-corrected chi connectivity index (χ4v) is 3.43. The van der Waals surface area contributed by atoms with Crippen LogP contribution in [0.1, 0.15) is 29.8 Å². The van der Waals surface area contributed by atoms with E-state index in [-0.39, 0.29) is 30.9 Å². The van der Waals surface area contributed by atoms with Crippen molar-refractivity contribution in [2.24, 2.45) is 0 Å². The molecule has 3 N–H and O–H groups in total. The maximum absolute atomic E-state index is 14.6. The van der Waals surface area contributed by atoms with Gasteiger partial charge in [0, 0.05) is 12.4 Å². The number of aliphatic hydroxyl groups is 1. The molecular formula is C24H26F3N5O2. The van der Waals surface area contributed by atoms with Crippen LogP contribution in [0.15, 0.2) is 48.8 Å². The van der Waals surface area contributed by atoms with Gasteiger partial charge >= 0.3 is 0 Å². The van der Waals surface area contributed by atoms with Gasteiger partial charge in [-0.3, -0.25) is 4.79 Å². The quantitative estimate of drug-likeness (QED) is 0.495. The number of rotatable bonds is 6. The monoisotopic (exact) mass is 473 g/mol. The number of halogens is 3. The minimum atomic E-state index is -1.30. The summed E-state index contributed by atoms with van der Waals surface area (Å²) in [7, 11) is 0. The number of amides is 1. The van der Waals surface area contributed by atoms with E-state index in [1.807, 2.05) is 13.8 Å². The van der Waals surface area contributed by atoms with E-state index in [1.54, 1.807) is 31.5 Å². The highest BCUT2D eigenvalue weighted by molar-refractivity contribution is 6.01. The Morgan fingerprint density at radius 3 is 2.41 bits per heavy atom. The summed E-state index contributed by atoms with van der Waals surface area (Å²) in [4.78, 5) is 22.2. The number of benzene rings is 2. The number of nitrogens with one attached hydrogen (secondary N) is 2. The van der Waals surface area contributed by atoms with Crippen molar-refractivity contribution < 1.29 is 23.1 Å². The number of hydrogen-bond donors (Lipinski definition) is 3. The number of hydrogen-bond acceptors (Lipinski definition) is 6. The Morgan fingerprint density at radius 1 is 1.09 bits per heavy atom. The molecule has 180 valence electrons. The molecule has 1 aliphatic rings. The van der Waals surface area contributed by atoms with Gasteiger partial charge in [-0.2, -0.15) is 0 Å². The standard InChI is InChI=1S/C22H20F3N5O2.C2H6/c1-13-3-6-17(16(24)9-13)29-19-14(4-5-15(23)18(19)25)20(31)30-11-22(32,12-30)10-28-21-26-7-2-8-27-21;1-2/h2-9,29,32H,10-12H2,1H3,(H,26,27,28);1-2H3. The molecular weight excluding hydrogens is 447 g/mol. The van der Waals surface area contributed by atoms with Gasteiger partial charge < -0.3 is 20.6 Å². The molecule has 0 saturated carbocycles. The van der Waals surface area contributed by atoms with Gasteiger partial charge in [0.05, 0.1) is 36.6 Å². The molecule has 1 saturated heterocycles. The van der Waals surface area contributed by atoms with E-state index >= 15 is 0 Å². The molecule has 0 atom stereocenters. The summed E-state index contributed by atoms with van der Waals surface area (Å²) < 4.78 is 42.7. The van der Waals surface area contributed by atoms with Crippen LogP contribution in [0.5, 0.6) is 0 Å². The van der Waals surface area contributed by atoms with Gasteiger partial charge in [-0.05, 0) is 42.8 Å². The smallest absolute Gasteiger partial charge is 0.256 e. The lowest BCUT2D eigenvalue weighted by Crippen LogP contribution is -2.66. The average molecular weight is 473 g/mol. The lowest BCUT2D eigenvalue weighted by Gasteiger charge is -2.46. The normalized spacial score (nSPS) is 13.9. The first-order valence-corrected chi connectivity index (χ1v) is 10.8. The molecule has 0 spiro atoms. The Labute approximate surface area is 195 Å². The Morgan fingerprint density at radius 2 is 1.76 bits per heavy atom. The van der Waals surface area contributed by atoms with E-state index in [0.29, 0.717) is 11.5 Å². The van der Waals surface area contributed by atoms with Crippen LogP contribution in [0.2, 0.25) is 0 Å². The van der Waals surface area contributed by atoms with Gasteiger partial charge in [0.15, 0.2) is 11.6 Å². The molecule has 34 heavy (non-hydrogen) atoms. The van der Waals surface area contributed by atoms with Gasteiger partial charge in [0.1, 0.15) is 11.4 Å². The average Bonchev–Trinajstić information content (AvgIpc) is 2.82. The van der Waals surface area contributed by atoms with Crippen LogP contribution >= 0.6 is 0 Å². The number of carbonyl (C=O) groups excluding carboxylic acids is 1. The molecule has 7 nitrogen and oxygen atoms in total. The number of anilines is 3. The van der Waals surface area contributed by atoms with Gasteiger partial charge in [-0.1, -0.05) is 19.9 Å². The Balaban J connectivity index is 0.00000158. The van der Waals surface area contributed by atoms with Crippen molar-refractivity contribution in [1.29, 1.82) is 0 Å². The van der Waals surface area contributed by atoms with Crippen molar-refractivity contribution in [3.05, 3.63) is 77.4 Å². The van der Waals surface area contributed by atoms with Crippen molar-refractivity contribution in [3.63, 3.8) is 0 Å². The third kappa shape index (κ3) is 5.45. The second kappa shape index (κ2) is 10.5. The van der Waals surface area contributed by atoms with Crippen LogP contribution < -0.4 is 10.6 Å².